The van der Waals surface area contributed by atoms with Gasteiger partial charge in [0.05, 0.1) is 12.6 Å². The van der Waals surface area contributed by atoms with Crippen molar-refractivity contribution in [2.24, 2.45) is 11.3 Å². The van der Waals surface area contributed by atoms with Gasteiger partial charge in [-0.1, -0.05) is 27.2 Å². The normalized spacial score (nSPS) is 26.0. The molecule has 32 heavy (non-hydrogen) atoms. The van der Waals surface area contributed by atoms with Crippen LogP contribution in [0.5, 0.6) is 0 Å². The molecule has 1 spiro atoms. The summed E-state index contributed by atoms with van der Waals surface area (Å²) in [6.07, 6.45) is 0.367. The smallest absolute Gasteiger partial charge is 0.408 e. The van der Waals surface area contributed by atoms with Crippen molar-refractivity contribution in [3.05, 3.63) is 35.4 Å². The largest absolute Gasteiger partial charge is 0.465 e. The predicted molar refractivity (Wildman–Crippen MR) is 112 cm³/mol. The summed E-state index contributed by atoms with van der Waals surface area (Å²) in [5.74, 6) is -3.16. The second kappa shape index (κ2) is 8.67. The molecule has 1 heterocycles. The highest BCUT2D eigenvalue weighted by atomic mass is 19.1. The molecule has 0 aromatic heterocycles. The molecule has 1 N–H and O–H groups in total. The molecular formula is C23H30F2N2O5. The molecular weight excluding hydrogens is 422 g/mol. The number of hydrogen-bond acceptors (Lipinski definition) is 4. The van der Waals surface area contributed by atoms with E-state index in [0.29, 0.717) is 25.3 Å². The summed E-state index contributed by atoms with van der Waals surface area (Å²) in [6, 6.07) is 1.80. The Bertz CT molecular complexity index is 896. The van der Waals surface area contributed by atoms with Gasteiger partial charge in [0.1, 0.15) is 23.7 Å². The monoisotopic (exact) mass is 452 g/mol. The zero-order valence-electron chi connectivity index (χ0n) is 18.9. The molecule has 2 amide bonds. The number of rotatable bonds is 4. The predicted octanol–water partition coefficient (Wildman–Crippen LogP) is 3.98. The van der Waals surface area contributed by atoms with E-state index in [1.807, 2.05) is 20.8 Å². The van der Waals surface area contributed by atoms with E-state index in [1.54, 1.807) is 6.92 Å². The zero-order chi connectivity index (χ0) is 23.8. The first-order valence-corrected chi connectivity index (χ1v) is 10.8. The Balaban J connectivity index is 2.15. The molecule has 3 rings (SSSR count). The number of piperazine rings is 1. The van der Waals surface area contributed by atoms with Crippen LogP contribution < -0.4 is 0 Å². The van der Waals surface area contributed by atoms with E-state index in [2.05, 4.69) is 0 Å². The minimum absolute atomic E-state index is 0.0894. The van der Waals surface area contributed by atoms with Crippen LogP contribution in [0.3, 0.4) is 0 Å². The second-order valence-corrected chi connectivity index (χ2v) is 9.58. The van der Waals surface area contributed by atoms with Crippen LogP contribution in [0.2, 0.25) is 0 Å². The highest BCUT2D eigenvalue weighted by Crippen LogP contribution is 2.53. The number of carbonyl (C=O) groups excluding carboxylic acids is 2. The van der Waals surface area contributed by atoms with Crippen molar-refractivity contribution in [3.63, 3.8) is 0 Å². The molecule has 1 aromatic carbocycles. The molecule has 1 aromatic rings. The van der Waals surface area contributed by atoms with Gasteiger partial charge in [0.15, 0.2) is 0 Å². The third-order valence-corrected chi connectivity index (χ3v) is 6.62. The lowest BCUT2D eigenvalue weighted by Gasteiger charge is -2.54. The van der Waals surface area contributed by atoms with Crippen molar-refractivity contribution in [3.8, 4) is 0 Å². The van der Waals surface area contributed by atoms with Gasteiger partial charge in [0.2, 0.25) is 5.91 Å². The van der Waals surface area contributed by atoms with E-state index in [4.69, 9.17) is 4.74 Å². The van der Waals surface area contributed by atoms with Crippen molar-refractivity contribution in [1.29, 1.82) is 0 Å². The maximum absolute atomic E-state index is 14.0. The van der Waals surface area contributed by atoms with Gasteiger partial charge in [-0.05, 0) is 48.8 Å². The third kappa shape index (κ3) is 4.17. The van der Waals surface area contributed by atoms with Gasteiger partial charge in [0.25, 0.3) is 0 Å². The number of nitrogens with zero attached hydrogens (tertiary/aromatic N) is 2. The summed E-state index contributed by atoms with van der Waals surface area (Å²) in [7, 11) is 0. The van der Waals surface area contributed by atoms with E-state index in [1.165, 1.54) is 4.90 Å². The molecule has 1 aliphatic carbocycles. The number of carbonyl (C=O) groups is 3. The quantitative estimate of drug-likeness (QED) is 0.699. The number of amides is 2. The maximum atomic E-state index is 14.0. The van der Waals surface area contributed by atoms with Crippen molar-refractivity contribution in [2.75, 3.05) is 19.7 Å². The van der Waals surface area contributed by atoms with Gasteiger partial charge >= 0.3 is 12.1 Å². The Morgan fingerprint density at radius 3 is 2.38 bits per heavy atom. The minimum atomic E-state index is -1.35. The number of ether oxygens (including phenoxy) is 1. The van der Waals surface area contributed by atoms with Crippen molar-refractivity contribution < 1.29 is 33.0 Å². The van der Waals surface area contributed by atoms with E-state index in [-0.39, 0.29) is 30.0 Å². The SMILES string of the molecule is CCOC(=O)CN1C(=O)C2(CCCC2C(C)(C)C)N(C(=O)O)C[C@H]1c1cc(F)cc(F)c1. The second-order valence-electron chi connectivity index (χ2n) is 9.58. The van der Waals surface area contributed by atoms with Gasteiger partial charge in [-0.3, -0.25) is 14.5 Å². The molecule has 176 valence electrons. The molecule has 3 atom stereocenters. The fraction of sp³-hybridized carbons (Fsp3) is 0.609. The summed E-state index contributed by atoms with van der Waals surface area (Å²) in [4.78, 5) is 41.2. The third-order valence-electron chi connectivity index (χ3n) is 6.62. The Morgan fingerprint density at radius 2 is 1.84 bits per heavy atom. The van der Waals surface area contributed by atoms with Gasteiger partial charge in [-0.15, -0.1) is 0 Å². The lowest BCUT2D eigenvalue weighted by atomic mass is 9.68. The zero-order valence-corrected chi connectivity index (χ0v) is 18.9. The number of halogens is 2. The molecule has 1 saturated carbocycles. The first kappa shape index (κ1) is 23.9. The minimum Gasteiger partial charge on any atom is -0.465 e. The summed E-state index contributed by atoms with van der Waals surface area (Å²) in [5, 5.41) is 10.1. The van der Waals surface area contributed by atoms with Crippen LogP contribution in [-0.2, 0) is 14.3 Å². The van der Waals surface area contributed by atoms with Crippen LogP contribution in [0, 0.1) is 23.0 Å². The Morgan fingerprint density at radius 1 is 1.22 bits per heavy atom. The number of benzene rings is 1. The van der Waals surface area contributed by atoms with E-state index in [0.717, 1.165) is 17.0 Å². The average molecular weight is 452 g/mol. The van der Waals surface area contributed by atoms with Crippen LogP contribution in [0.4, 0.5) is 13.6 Å². The molecule has 2 aliphatic rings. The molecule has 2 fully saturated rings. The molecule has 2 unspecified atom stereocenters. The van der Waals surface area contributed by atoms with E-state index < -0.39 is 47.7 Å². The van der Waals surface area contributed by atoms with Crippen LogP contribution >= 0.6 is 0 Å². The highest BCUT2D eigenvalue weighted by Gasteiger charge is 2.63. The molecule has 9 heteroatoms. The van der Waals surface area contributed by atoms with Gasteiger partial charge in [0, 0.05) is 12.6 Å². The van der Waals surface area contributed by atoms with Gasteiger partial charge in [-0.25, -0.2) is 13.6 Å². The Kier molecular flexibility index (Phi) is 6.49. The van der Waals surface area contributed by atoms with Gasteiger partial charge in [-0.2, -0.15) is 0 Å². The Hall–Kier alpha value is -2.71. The van der Waals surface area contributed by atoms with Crippen molar-refractivity contribution >= 4 is 18.0 Å². The first-order chi connectivity index (χ1) is 14.9. The molecule has 0 bridgehead atoms. The summed E-state index contributed by atoms with van der Waals surface area (Å²) < 4.78 is 33.0. The van der Waals surface area contributed by atoms with Crippen molar-refractivity contribution in [1.82, 2.24) is 9.80 Å². The van der Waals surface area contributed by atoms with Crippen molar-refractivity contribution in [2.45, 2.75) is 58.5 Å². The summed E-state index contributed by atoms with van der Waals surface area (Å²) in [6.45, 7) is 7.00. The van der Waals surface area contributed by atoms with E-state index in [9.17, 15) is 28.3 Å². The summed E-state index contributed by atoms with van der Waals surface area (Å²) in [5.41, 5.74) is -1.64. The maximum Gasteiger partial charge on any atom is 0.408 e. The standard InChI is InChI=1S/C23H30F2N2O5/c1-5-32-19(28)13-26-17(14-9-15(24)11-16(25)10-14)12-27(21(30)31)23(20(26)29)8-6-7-18(23)22(2,3)4/h9-11,17-18H,5-8,12-13H2,1-4H3,(H,30,31)/t17-,18?,23?/m0/s1. The topological polar surface area (TPSA) is 87.2 Å². The van der Waals surface area contributed by atoms with Crippen LogP contribution in [0.15, 0.2) is 18.2 Å². The van der Waals surface area contributed by atoms with Crippen LogP contribution in [0.25, 0.3) is 0 Å². The number of carboxylic acid groups (broad SMARTS) is 1. The first-order valence-electron chi connectivity index (χ1n) is 10.8. The number of hydrogen-bond donors (Lipinski definition) is 1. The lowest BCUT2D eigenvalue weighted by molar-refractivity contribution is -0.167. The average Bonchev–Trinajstić information content (AvgIpc) is 3.11. The molecule has 1 aliphatic heterocycles. The number of esters is 1. The highest BCUT2D eigenvalue weighted by molar-refractivity contribution is 5.94. The van der Waals surface area contributed by atoms with E-state index >= 15 is 0 Å². The summed E-state index contributed by atoms with van der Waals surface area (Å²) >= 11 is 0. The fourth-order valence-electron chi connectivity index (χ4n) is 5.49. The van der Waals surface area contributed by atoms with Crippen LogP contribution in [-0.4, -0.2) is 58.1 Å². The lowest BCUT2D eigenvalue weighted by Crippen LogP contribution is -2.71. The van der Waals surface area contributed by atoms with Crippen LogP contribution in [0.1, 0.15) is 58.6 Å². The molecule has 0 radical (unpaired) electrons. The molecule has 1 saturated heterocycles. The van der Waals surface area contributed by atoms with Gasteiger partial charge < -0.3 is 14.7 Å². The Labute approximate surface area is 186 Å². The fourth-order valence-corrected chi connectivity index (χ4v) is 5.49. The molecule has 7 nitrogen and oxygen atoms in total.